The fourth-order valence-corrected chi connectivity index (χ4v) is 2.19. The predicted molar refractivity (Wildman–Crippen MR) is 74.1 cm³/mol. The molecule has 0 amide bonds. The van der Waals surface area contributed by atoms with E-state index in [0.29, 0.717) is 0 Å². The summed E-state index contributed by atoms with van der Waals surface area (Å²) in [6.07, 6.45) is 8.63. The van der Waals surface area contributed by atoms with Crippen molar-refractivity contribution in [2.24, 2.45) is 0 Å². The van der Waals surface area contributed by atoms with Crippen LogP contribution in [0.2, 0.25) is 39.3 Å². The first kappa shape index (κ1) is 13.7. The van der Waals surface area contributed by atoms with Crippen molar-refractivity contribution in [1.29, 1.82) is 0 Å². The third-order valence-electron chi connectivity index (χ3n) is 1.53. The van der Waals surface area contributed by atoms with Gasteiger partial charge in [-0.1, -0.05) is 75.0 Å². The van der Waals surface area contributed by atoms with E-state index in [2.05, 4.69) is 75.0 Å². The summed E-state index contributed by atoms with van der Waals surface area (Å²) in [4.78, 5) is 0. The van der Waals surface area contributed by atoms with Gasteiger partial charge in [-0.25, -0.2) is 0 Å². The quantitative estimate of drug-likeness (QED) is 0.490. The first-order chi connectivity index (χ1) is 6.21. The van der Waals surface area contributed by atoms with E-state index in [1.807, 2.05) is 0 Å². The van der Waals surface area contributed by atoms with Crippen molar-refractivity contribution in [2.75, 3.05) is 0 Å². The lowest BCUT2D eigenvalue weighted by atomic mass is 10.5. The van der Waals surface area contributed by atoms with Gasteiger partial charge in [-0.05, 0) is 0 Å². The highest BCUT2D eigenvalue weighted by molar-refractivity contribution is 6.81. The van der Waals surface area contributed by atoms with Gasteiger partial charge in [-0.2, -0.15) is 0 Å². The van der Waals surface area contributed by atoms with Crippen molar-refractivity contribution < 1.29 is 0 Å². The molecule has 0 fully saturated rings. The smallest absolute Gasteiger partial charge is 0.0687 e. The Balaban J connectivity index is 3.99. The van der Waals surface area contributed by atoms with Crippen LogP contribution in [-0.4, -0.2) is 16.1 Å². The first-order valence-electron chi connectivity index (χ1n) is 5.24. The maximum Gasteiger partial charge on any atom is 0.0687 e. The Morgan fingerprint density at radius 1 is 0.500 bits per heavy atom. The molecule has 0 aliphatic rings. The molecule has 0 radical (unpaired) electrons. The highest BCUT2D eigenvalue weighted by Crippen LogP contribution is 2.03. The normalized spacial score (nSPS) is 15.0. The van der Waals surface area contributed by atoms with Crippen molar-refractivity contribution in [3.63, 3.8) is 0 Å². The number of hydrogen-bond acceptors (Lipinski definition) is 0. The molecule has 0 spiro atoms. The average Bonchev–Trinajstić information content (AvgIpc) is 1.92. The van der Waals surface area contributed by atoms with Gasteiger partial charge in [0.1, 0.15) is 0 Å². The molecule has 80 valence electrons. The van der Waals surface area contributed by atoms with Gasteiger partial charge < -0.3 is 0 Å². The van der Waals surface area contributed by atoms with Crippen LogP contribution < -0.4 is 0 Å². The average molecular weight is 224 g/mol. The summed E-state index contributed by atoms with van der Waals surface area (Å²) in [6, 6.07) is 0. The monoisotopic (exact) mass is 224 g/mol. The minimum atomic E-state index is -1.00. The molecule has 0 heterocycles. The van der Waals surface area contributed by atoms with Gasteiger partial charge in [0.2, 0.25) is 0 Å². The molecule has 0 saturated heterocycles. The van der Waals surface area contributed by atoms with Crippen LogP contribution in [0.5, 0.6) is 0 Å². The van der Waals surface area contributed by atoms with Crippen LogP contribution in [-0.2, 0) is 0 Å². The minimum absolute atomic E-state index is 1.00. The lowest BCUT2D eigenvalue weighted by molar-refractivity contribution is 1.74. The molecule has 0 saturated carbocycles. The largest absolute Gasteiger partial charge is 0.0950 e. The molecule has 0 aromatic heterocycles. The fraction of sp³-hybridized carbons (Fsp3) is 0.500. The second kappa shape index (κ2) is 5.51. The predicted octanol–water partition coefficient (Wildman–Crippen LogP) is 4.41. The summed E-state index contributed by atoms with van der Waals surface area (Å²) >= 11 is 0. The van der Waals surface area contributed by atoms with Gasteiger partial charge in [0.15, 0.2) is 0 Å². The zero-order chi connectivity index (χ0) is 11.2. The molecule has 0 aliphatic carbocycles. The highest BCUT2D eigenvalue weighted by atomic mass is 28.3. The SMILES string of the molecule is C[Si](C)(C)/C=C/C=C/C=C/[Si](C)(C)C. The van der Waals surface area contributed by atoms with Crippen molar-refractivity contribution in [3.05, 3.63) is 35.7 Å². The summed E-state index contributed by atoms with van der Waals surface area (Å²) in [5, 5.41) is 0. The van der Waals surface area contributed by atoms with Crippen LogP contribution in [0.25, 0.3) is 0 Å². The van der Waals surface area contributed by atoms with Crippen LogP contribution in [0.1, 0.15) is 0 Å². The Morgan fingerprint density at radius 3 is 1.00 bits per heavy atom. The molecule has 0 nitrogen and oxygen atoms in total. The highest BCUT2D eigenvalue weighted by Gasteiger charge is 2.06. The number of rotatable bonds is 4. The van der Waals surface area contributed by atoms with Crippen LogP contribution in [0.3, 0.4) is 0 Å². The molecular weight excluding hydrogens is 200 g/mol. The molecule has 0 aliphatic heterocycles. The van der Waals surface area contributed by atoms with Gasteiger partial charge in [0.25, 0.3) is 0 Å². The van der Waals surface area contributed by atoms with E-state index in [1.165, 1.54) is 0 Å². The van der Waals surface area contributed by atoms with Gasteiger partial charge in [-0.15, -0.1) is 0 Å². The van der Waals surface area contributed by atoms with E-state index in [-0.39, 0.29) is 0 Å². The summed E-state index contributed by atoms with van der Waals surface area (Å²) in [5.41, 5.74) is 4.71. The maximum absolute atomic E-state index is 2.35. The van der Waals surface area contributed by atoms with Crippen molar-refractivity contribution in [1.82, 2.24) is 0 Å². The van der Waals surface area contributed by atoms with Gasteiger partial charge in [-0.3, -0.25) is 0 Å². The Labute approximate surface area is 91.4 Å². The van der Waals surface area contributed by atoms with Crippen LogP contribution in [0.15, 0.2) is 35.7 Å². The zero-order valence-electron chi connectivity index (χ0n) is 10.5. The molecule has 0 unspecified atom stereocenters. The molecule has 0 aromatic rings. The standard InChI is InChI=1S/C12H24Si2/c1-13(2,3)11-9-7-8-10-12-14(4,5)6/h7-12H,1-6H3/b8-7+,11-9+,12-10+. The molecule has 0 N–H and O–H groups in total. The van der Waals surface area contributed by atoms with E-state index >= 15 is 0 Å². The number of hydrogen-bond donors (Lipinski definition) is 0. The van der Waals surface area contributed by atoms with Crippen LogP contribution in [0.4, 0.5) is 0 Å². The van der Waals surface area contributed by atoms with E-state index in [4.69, 9.17) is 0 Å². The second-order valence-electron chi connectivity index (χ2n) is 5.84. The summed E-state index contributed by atoms with van der Waals surface area (Å²) in [6.45, 7) is 14.1. The van der Waals surface area contributed by atoms with Crippen LogP contribution >= 0.6 is 0 Å². The molecule has 0 rings (SSSR count). The fourth-order valence-electron chi connectivity index (χ4n) is 0.817. The van der Waals surface area contributed by atoms with E-state index in [1.54, 1.807) is 0 Å². The molecule has 2 heteroatoms. The Morgan fingerprint density at radius 2 is 0.786 bits per heavy atom. The van der Waals surface area contributed by atoms with Crippen molar-refractivity contribution in [3.8, 4) is 0 Å². The topological polar surface area (TPSA) is 0 Å². The zero-order valence-corrected chi connectivity index (χ0v) is 12.5. The minimum Gasteiger partial charge on any atom is -0.0950 e. The summed E-state index contributed by atoms with van der Waals surface area (Å²) in [7, 11) is -2.00. The summed E-state index contributed by atoms with van der Waals surface area (Å²) < 4.78 is 0. The van der Waals surface area contributed by atoms with Crippen molar-refractivity contribution in [2.45, 2.75) is 39.3 Å². The lowest BCUT2D eigenvalue weighted by Crippen LogP contribution is -2.15. The van der Waals surface area contributed by atoms with Gasteiger partial charge >= 0.3 is 0 Å². The van der Waals surface area contributed by atoms with E-state index in [9.17, 15) is 0 Å². The van der Waals surface area contributed by atoms with Gasteiger partial charge in [0, 0.05) is 0 Å². The number of allylic oxidation sites excluding steroid dienone is 4. The summed E-state index contributed by atoms with van der Waals surface area (Å²) in [5.74, 6) is 0. The molecule has 0 bridgehead atoms. The maximum atomic E-state index is 2.35. The second-order valence-corrected chi connectivity index (χ2v) is 16.0. The van der Waals surface area contributed by atoms with E-state index < -0.39 is 16.1 Å². The Hall–Kier alpha value is -0.346. The molecule has 0 aromatic carbocycles. The van der Waals surface area contributed by atoms with Crippen LogP contribution in [0, 0.1) is 0 Å². The van der Waals surface area contributed by atoms with Gasteiger partial charge in [0.05, 0.1) is 16.1 Å². The molecule has 14 heavy (non-hydrogen) atoms. The third-order valence-corrected chi connectivity index (χ3v) is 3.91. The third kappa shape index (κ3) is 11.7. The Kier molecular flexibility index (Phi) is 5.38. The Bertz CT molecular complexity index is 208. The molecule has 0 atom stereocenters. The lowest BCUT2D eigenvalue weighted by Gasteiger charge is -2.07. The first-order valence-corrected chi connectivity index (χ1v) is 12.4. The van der Waals surface area contributed by atoms with E-state index in [0.717, 1.165) is 0 Å². The van der Waals surface area contributed by atoms with Crippen molar-refractivity contribution >= 4 is 16.1 Å². The molecular formula is C12H24Si2.